The third kappa shape index (κ3) is 3.46. The lowest BCUT2D eigenvalue weighted by molar-refractivity contribution is 0.666. The molecule has 2 heterocycles. The summed E-state index contributed by atoms with van der Waals surface area (Å²) < 4.78 is 11.4. The Labute approximate surface area is 121 Å². The molecule has 2 fully saturated rings. The Morgan fingerprint density at radius 1 is 1.37 bits per heavy atom. The quantitative estimate of drug-likeness (QED) is 0.916. The van der Waals surface area contributed by atoms with Crippen molar-refractivity contribution in [3.63, 3.8) is 0 Å². The van der Waals surface area contributed by atoms with Crippen LogP contribution in [-0.2, 0) is 17.3 Å². The first-order valence-electron chi connectivity index (χ1n) is 6.71. The highest BCUT2D eigenvalue weighted by molar-refractivity contribution is 7.85. The van der Waals surface area contributed by atoms with Gasteiger partial charge in [-0.05, 0) is 25.0 Å². The van der Waals surface area contributed by atoms with E-state index in [-0.39, 0.29) is 0 Å². The number of hydrogen-bond acceptors (Lipinski definition) is 4. The summed E-state index contributed by atoms with van der Waals surface area (Å²) in [7, 11) is -0.654. The van der Waals surface area contributed by atoms with E-state index in [9.17, 15) is 4.21 Å². The number of hydrogen-bond donors (Lipinski definition) is 1. The molecule has 0 spiro atoms. The molecule has 1 saturated heterocycles. The number of aromatic nitrogens is 1. The van der Waals surface area contributed by atoms with Crippen LogP contribution < -0.4 is 10.2 Å². The fraction of sp³-hybridized carbons (Fsp3) is 0.615. The van der Waals surface area contributed by atoms with E-state index >= 15 is 0 Å². The van der Waals surface area contributed by atoms with Crippen LogP contribution in [-0.4, -0.2) is 39.8 Å². The topological polar surface area (TPSA) is 45.2 Å². The second-order valence-corrected chi connectivity index (χ2v) is 7.19. The van der Waals surface area contributed by atoms with E-state index in [1.165, 1.54) is 12.8 Å². The van der Waals surface area contributed by atoms with Crippen LogP contribution in [0.25, 0.3) is 0 Å². The Bertz CT molecular complexity index is 483. The maximum atomic E-state index is 11.4. The Hall–Kier alpha value is -0.650. The van der Waals surface area contributed by atoms with Crippen LogP contribution in [0.2, 0.25) is 5.02 Å². The van der Waals surface area contributed by atoms with E-state index in [1.54, 1.807) is 0 Å². The third-order valence-corrected chi connectivity index (χ3v) is 5.16. The highest BCUT2D eigenvalue weighted by Crippen LogP contribution is 2.23. The molecule has 104 valence electrons. The van der Waals surface area contributed by atoms with Crippen molar-refractivity contribution in [2.45, 2.75) is 25.4 Å². The molecular formula is C13H18ClN3OS. The second kappa shape index (κ2) is 5.77. The number of halogens is 1. The first-order chi connectivity index (χ1) is 9.22. The summed E-state index contributed by atoms with van der Waals surface area (Å²) in [6, 6.07) is 4.52. The molecule has 0 atom stereocenters. The van der Waals surface area contributed by atoms with E-state index in [4.69, 9.17) is 11.6 Å². The minimum atomic E-state index is -0.654. The van der Waals surface area contributed by atoms with Gasteiger partial charge in [-0.3, -0.25) is 4.21 Å². The first-order valence-corrected chi connectivity index (χ1v) is 8.58. The predicted octanol–water partition coefficient (Wildman–Crippen LogP) is 1.56. The van der Waals surface area contributed by atoms with Gasteiger partial charge in [0.2, 0.25) is 0 Å². The zero-order chi connectivity index (χ0) is 13.2. The Balaban J connectivity index is 1.70. The van der Waals surface area contributed by atoms with Gasteiger partial charge < -0.3 is 10.2 Å². The molecule has 1 aliphatic carbocycles. The van der Waals surface area contributed by atoms with Gasteiger partial charge in [-0.1, -0.05) is 11.6 Å². The van der Waals surface area contributed by atoms with Crippen LogP contribution in [0.3, 0.4) is 0 Å². The molecule has 2 aliphatic rings. The van der Waals surface area contributed by atoms with E-state index in [0.29, 0.717) is 6.04 Å². The number of nitrogens with zero attached hydrogens (tertiary/aromatic N) is 2. The number of pyridine rings is 1. The average Bonchev–Trinajstić information content (AvgIpc) is 3.23. The largest absolute Gasteiger partial charge is 0.355 e. The summed E-state index contributed by atoms with van der Waals surface area (Å²) in [5.74, 6) is 2.42. The molecule has 1 saturated carbocycles. The highest BCUT2D eigenvalue weighted by Gasteiger charge is 2.21. The van der Waals surface area contributed by atoms with Gasteiger partial charge in [0.05, 0.1) is 10.7 Å². The van der Waals surface area contributed by atoms with Gasteiger partial charge in [0.25, 0.3) is 0 Å². The summed E-state index contributed by atoms with van der Waals surface area (Å²) in [6.45, 7) is 2.37. The second-order valence-electron chi connectivity index (χ2n) is 5.09. The summed E-state index contributed by atoms with van der Waals surface area (Å²) in [5, 5.41) is 4.16. The minimum Gasteiger partial charge on any atom is -0.355 e. The van der Waals surface area contributed by atoms with Crippen molar-refractivity contribution in [3.8, 4) is 0 Å². The zero-order valence-electron chi connectivity index (χ0n) is 10.8. The molecule has 3 rings (SSSR count). The fourth-order valence-corrected chi connectivity index (χ4v) is 3.39. The Kier molecular flexibility index (Phi) is 4.05. The molecule has 0 aromatic carbocycles. The smallest absolute Gasteiger partial charge is 0.129 e. The molecule has 1 aromatic rings. The molecule has 19 heavy (non-hydrogen) atoms. The molecular weight excluding hydrogens is 282 g/mol. The van der Waals surface area contributed by atoms with Crippen molar-refractivity contribution in [1.82, 2.24) is 10.3 Å². The van der Waals surface area contributed by atoms with Crippen molar-refractivity contribution < 1.29 is 4.21 Å². The van der Waals surface area contributed by atoms with E-state index in [2.05, 4.69) is 15.2 Å². The maximum Gasteiger partial charge on any atom is 0.129 e. The van der Waals surface area contributed by atoms with Gasteiger partial charge in [0.1, 0.15) is 5.82 Å². The predicted molar refractivity (Wildman–Crippen MR) is 79.2 cm³/mol. The van der Waals surface area contributed by atoms with Gasteiger partial charge in [-0.2, -0.15) is 0 Å². The summed E-state index contributed by atoms with van der Waals surface area (Å²) in [5.41, 5.74) is 0.915. The lowest BCUT2D eigenvalue weighted by atomic mass is 10.3. The molecule has 1 N–H and O–H groups in total. The minimum absolute atomic E-state index is 0.652. The molecule has 0 unspecified atom stereocenters. The van der Waals surface area contributed by atoms with Gasteiger partial charge in [-0.25, -0.2) is 4.98 Å². The van der Waals surface area contributed by atoms with Crippen LogP contribution in [0, 0.1) is 0 Å². The van der Waals surface area contributed by atoms with Crippen LogP contribution in [0.1, 0.15) is 18.5 Å². The average molecular weight is 300 g/mol. The highest BCUT2D eigenvalue weighted by atomic mass is 35.5. The molecule has 0 radical (unpaired) electrons. The molecule has 0 bridgehead atoms. The van der Waals surface area contributed by atoms with Crippen LogP contribution in [0.15, 0.2) is 12.1 Å². The standard InChI is InChI=1S/C13H18ClN3OS/c14-11-3-4-13(17-5-7-19(18)8-6-17)16-12(11)9-15-10-1-2-10/h3-4,10,15H,1-2,5-9H2. The molecule has 1 aliphatic heterocycles. The summed E-state index contributed by atoms with van der Waals surface area (Å²) in [6.07, 6.45) is 2.52. The first kappa shape index (κ1) is 13.3. The fourth-order valence-electron chi connectivity index (χ4n) is 2.17. The monoisotopic (exact) mass is 299 g/mol. The lowest BCUT2D eigenvalue weighted by Gasteiger charge is -2.27. The third-order valence-electron chi connectivity index (χ3n) is 3.54. The SMILES string of the molecule is O=S1CCN(c2ccc(Cl)c(CNC3CC3)n2)CC1. The van der Waals surface area contributed by atoms with E-state index < -0.39 is 10.8 Å². The van der Waals surface area contributed by atoms with Gasteiger partial charge in [0, 0.05) is 48.0 Å². The Morgan fingerprint density at radius 2 is 2.11 bits per heavy atom. The van der Waals surface area contributed by atoms with E-state index in [1.807, 2.05) is 12.1 Å². The molecule has 6 heteroatoms. The maximum absolute atomic E-state index is 11.4. The summed E-state index contributed by atoms with van der Waals surface area (Å²) >= 11 is 6.19. The van der Waals surface area contributed by atoms with Gasteiger partial charge >= 0.3 is 0 Å². The van der Waals surface area contributed by atoms with Crippen molar-refractivity contribution in [2.75, 3.05) is 29.5 Å². The molecule has 1 aromatic heterocycles. The van der Waals surface area contributed by atoms with Crippen LogP contribution >= 0.6 is 11.6 Å². The van der Waals surface area contributed by atoms with Crippen molar-refractivity contribution in [1.29, 1.82) is 0 Å². The van der Waals surface area contributed by atoms with Crippen LogP contribution in [0.4, 0.5) is 5.82 Å². The molecule has 4 nitrogen and oxygen atoms in total. The number of rotatable bonds is 4. The van der Waals surface area contributed by atoms with Gasteiger partial charge in [-0.15, -0.1) is 0 Å². The van der Waals surface area contributed by atoms with Crippen molar-refractivity contribution in [3.05, 3.63) is 22.8 Å². The van der Waals surface area contributed by atoms with E-state index in [0.717, 1.165) is 47.7 Å². The lowest BCUT2D eigenvalue weighted by Crippen LogP contribution is -2.38. The van der Waals surface area contributed by atoms with Crippen molar-refractivity contribution in [2.24, 2.45) is 0 Å². The molecule has 0 amide bonds. The number of anilines is 1. The van der Waals surface area contributed by atoms with Gasteiger partial charge in [0.15, 0.2) is 0 Å². The summed E-state index contributed by atoms with van der Waals surface area (Å²) in [4.78, 5) is 6.85. The van der Waals surface area contributed by atoms with Crippen LogP contribution in [0.5, 0.6) is 0 Å². The number of nitrogens with one attached hydrogen (secondary N) is 1. The normalized spacial score (nSPS) is 20.8. The zero-order valence-corrected chi connectivity index (χ0v) is 12.3. The Morgan fingerprint density at radius 3 is 2.79 bits per heavy atom. The van der Waals surface area contributed by atoms with Crippen molar-refractivity contribution >= 4 is 28.2 Å².